The van der Waals surface area contributed by atoms with Gasteiger partial charge in [0.1, 0.15) is 0 Å². The van der Waals surface area contributed by atoms with Crippen molar-refractivity contribution < 1.29 is 9.52 Å². The van der Waals surface area contributed by atoms with Crippen molar-refractivity contribution in [1.29, 1.82) is 0 Å². The van der Waals surface area contributed by atoms with E-state index in [-0.39, 0.29) is 11.9 Å². The minimum absolute atomic E-state index is 0.0825. The summed E-state index contributed by atoms with van der Waals surface area (Å²) >= 11 is 8.08. The number of hydrogen-bond donors (Lipinski definition) is 1. The zero-order valence-electron chi connectivity index (χ0n) is 17.0. The maximum atomic E-state index is 11.2. The van der Waals surface area contributed by atoms with E-state index in [2.05, 4.69) is 39.2 Å². The van der Waals surface area contributed by atoms with Gasteiger partial charge in [0.2, 0.25) is 16.7 Å². The minimum atomic E-state index is -0.211. The standard InChI is InChI=1S/C24H19ClN4O2S/c25-18-9-4-3-8-17(18)20(28-12-11-15-6-1-2-7-16(15)14-28)21-23(30)29-24(32-21)26-22(27-29)19-10-5-13-31-19/h1-10,13,20,30H,11-12,14H2. The first-order chi connectivity index (χ1) is 15.7. The summed E-state index contributed by atoms with van der Waals surface area (Å²) in [5.74, 6) is 1.10. The lowest BCUT2D eigenvalue weighted by Crippen LogP contribution is -2.34. The Morgan fingerprint density at radius 1 is 1.03 bits per heavy atom. The SMILES string of the molecule is Oc1c(C(c2ccccc2Cl)N2CCc3ccccc3C2)sc2nc(-c3ccco3)nn12. The van der Waals surface area contributed by atoms with Crippen LogP contribution in [0.5, 0.6) is 5.88 Å². The number of thiazole rings is 1. The molecule has 1 aliphatic heterocycles. The molecule has 0 fully saturated rings. The third-order valence-electron chi connectivity index (χ3n) is 5.91. The second kappa shape index (κ2) is 7.78. The maximum absolute atomic E-state index is 11.2. The fourth-order valence-corrected chi connectivity index (χ4v) is 5.72. The molecule has 1 unspecified atom stereocenters. The molecule has 0 spiro atoms. The first-order valence-electron chi connectivity index (χ1n) is 10.4. The number of halogens is 1. The van der Waals surface area contributed by atoms with E-state index in [1.807, 2.05) is 24.3 Å². The third kappa shape index (κ3) is 3.21. The van der Waals surface area contributed by atoms with Gasteiger partial charge in [0.15, 0.2) is 5.76 Å². The van der Waals surface area contributed by atoms with Crippen molar-refractivity contribution in [1.82, 2.24) is 19.5 Å². The molecule has 0 aliphatic carbocycles. The Labute approximate surface area is 193 Å². The van der Waals surface area contributed by atoms with Crippen LogP contribution in [0.2, 0.25) is 5.02 Å². The predicted molar refractivity (Wildman–Crippen MR) is 124 cm³/mol. The minimum Gasteiger partial charge on any atom is -0.492 e. The fraction of sp³-hybridized carbons (Fsp3) is 0.167. The summed E-state index contributed by atoms with van der Waals surface area (Å²) in [5.41, 5.74) is 3.63. The highest BCUT2D eigenvalue weighted by Gasteiger charge is 2.33. The molecule has 1 atom stereocenters. The van der Waals surface area contributed by atoms with Crippen molar-refractivity contribution >= 4 is 27.9 Å². The van der Waals surface area contributed by atoms with Gasteiger partial charge in [-0.1, -0.05) is 65.4 Å². The molecule has 1 aliphatic rings. The van der Waals surface area contributed by atoms with E-state index in [9.17, 15) is 5.11 Å². The molecule has 0 bridgehead atoms. The summed E-state index contributed by atoms with van der Waals surface area (Å²) in [6.07, 6.45) is 2.53. The van der Waals surface area contributed by atoms with Crippen molar-refractivity contribution in [3.05, 3.63) is 93.5 Å². The number of nitrogens with zero attached hydrogens (tertiary/aromatic N) is 4. The van der Waals surface area contributed by atoms with Crippen LogP contribution in [-0.4, -0.2) is 31.1 Å². The highest BCUT2D eigenvalue weighted by molar-refractivity contribution is 7.17. The quantitative estimate of drug-likeness (QED) is 0.379. The molecule has 32 heavy (non-hydrogen) atoms. The van der Waals surface area contributed by atoms with Crippen molar-refractivity contribution in [3.8, 4) is 17.5 Å². The van der Waals surface area contributed by atoms with Gasteiger partial charge in [-0.05, 0) is 41.3 Å². The first-order valence-corrected chi connectivity index (χ1v) is 11.6. The molecular formula is C24H19ClN4O2S. The number of furan rings is 1. The van der Waals surface area contributed by atoms with Gasteiger partial charge >= 0.3 is 0 Å². The number of fused-ring (bicyclic) bond motifs is 2. The van der Waals surface area contributed by atoms with Crippen LogP contribution in [0.3, 0.4) is 0 Å². The predicted octanol–water partition coefficient (Wildman–Crippen LogP) is 5.56. The zero-order valence-corrected chi connectivity index (χ0v) is 18.6. The van der Waals surface area contributed by atoms with Gasteiger partial charge in [0.05, 0.1) is 17.2 Å². The smallest absolute Gasteiger partial charge is 0.230 e. The Morgan fingerprint density at radius 3 is 2.62 bits per heavy atom. The van der Waals surface area contributed by atoms with Crippen LogP contribution in [0, 0.1) is 0 Å². The van der Waals surface area contributed by atoms with Gasteiger partial charge in [0.25, 0.3) is 0 Å². The molecule has 2 aromatic carbocycles. The van der Waals surface area contributed by atoms with Gasteiger partial charge in [-0.25, -0.2) is 0 Å². The topological polar surface area (TPSA) is 66.8 Å². The summed E-state index contributed by atoms with van der Waals surface area (Å²) < 4.78 is 6.89. The fourth-order valence-electron chi connectivity index (χ4n) is 4.38. The summed E-state index contributed by atoms with van der Waals surface area (Å²) in [4.78, 5) is 8.33. The molecule has 0 saturated heterocycles. The Hall–Kier alpha value is -3.13. The van der Waals surface area contributed by atoms with Crippen LogP contribution in [0.15, 0.2) is 71.3 Å². The Kier molecular flexibility index (Phi) is 4.75. The Bertz CT molecular complexity index is 1410. The van der Waals surface area contributed by atoms with Crippen LogP contribution in [0.1, 0.15) is 27.6 Å². The van der Waals surface area contributed by atoms with E-state index in [4.69, 9.17) is 16.0 Å². The summed E-state index contributed by atoms with van der Waals surface area (Å²) in [6.45, 7) is 1.63. The number of aromatic hydroxyl groups is 1. The number of rotatable bonds is 4. The molecule has 8 heteroatoms. The molecule has 6 rings (SSSR count). The average Bonchev–Trinajstić information content (AvgIpc) is 3.54. The van der Waals surface area contributed by atoms with E-state index in [0.717, 1.165) is 30.0 Å². The molecule has 5 aromatic rings. The molecule has 3 aromatic heterocycles. The normalized spacial score (nSPS) is 15.2. The van der Waals surface area contributed by atoms with Crippen LogP contribution >= 0.6 is 22.9 Å². The monoisotopic (exact) mass is 462 g/mol. The van der Waals surface area contributed by atoms with Crippen molar-refractivity contribution in [2.75, 3.05) is 6.54 Å². The van der Waals surface area contributed by atoms with Gasteiger partial charge in [-0.3, -0.25) is 4.90 Å². The number of benzene rings is 2. The molecule has 1 N–H and O–H groups in total. The summed E-state index contributed by atoms with van der Waals surface area (Å²) in [5, 5.41) is 16.4. The van der Waals surface area contributed by atoms with Gasteiger partial charge in [-0.2, -0.15) is 9.50 Å². The largest absolute Gasteiger partial charge is 0.492 e. The summed E-state index contributed by atoms with van der Waals surface area (Å²) in [7, 11) is 0. The lowest BCUT2D eigenvalue weighted by atomic mass is 9.95. The van der Waals surface area contributed by atoms with E-state index in [1.165, 1.54) is 27.0 Å². The maximum Gasteiger partial charge on any atom is 0.230 e. The second-order valence-corrected chi connectivity index (χ2v) is 9.23. The van der Waals surface area contributed by atoms with E-state index >= 15 is 0 Å². The Balaban J connectivity index is 1.46. The van der Waals surface area contributed by atoms with Crippen LogP contribution in [0.4, 0.5) is 0 Å². The lowest BCUT2D eigenvalue weighted by molar-refractivity contribution is 0.205. The first kappa shape index (κ1) is 19.5. The number of hydrogen-bond acceptors (Lipinski definition) is 6. The van der Waals surface area contributed by atoms with Gasteiger partial charge < -0.3 is 9.52 Å². The second-order valence-electron chi connectivity index (χ2n) is 7.81. The highest BCUT2D eigenvalue weighted by atomic mass is 35.5. The van der Waals surface area contributed by atoms with E-state index in [1.54, 1.807) is 18.4 Å². The molecule has 6 nitrogen and oxygen atoms in total. The molecule has 4 heterocycles. The van der Waals surface area contributed by atoms with E-state index in [0.29, 0.717) is 21.6 Å². The highest BCUT2D eigenvalue weighted by Crippen LogP contribution is 2.43. The van der Waals surface area contributed by atoms with Crippen LogP contribution < -0.4 is 0 Å². The van der Waals surface area contributed by atoms with Gasteiger partial charge in [-0.15, -0.1) is 5.10 Å². The van der Waals surface area contributed by atoms with Gasteiger partial charge in [0, 0.05) is 18.1 Å². The van der Waals surface area contributed by atoms with Crippen LogP contribution in [-0.2, 0) is 13.0 Å². The zero-order chi connectivity index (χ0) is 21.7. The van der Waals surface area contributed by atoms with Crippen molar-refractivity contribution in [3.63, 3.8) is 0 Å². The van der Waals surface area contributed by atoms with Crippen molar-refractivity contribution in [2.45, 2.75) is 19.0 Å². The van der Waals surface area contributed by atoms with E-state index < -0.39 is 0 Å². The average molecular weight is 463 g/mol. The molecule has 0 radical (unpaired) electrons. The number of aromatic nitrogens is 3. The molecule has 160 valence electrons. The summed E-state index contributed by atoms with van der Waals surface area (Å²) in [6, 6.07) is 19.7. The molecule has 0 saturated carbocycles. The molecular weight excluding hydrogens is 444 g/mol. The lowest BCUT2D eigenvalue weighted by Gasteiger charge is -2.35. The third-order valence-corrected chi connectivity index (χ3v) is 7.33. The molecule has 0 amide bonds. The Morgan fingerprint density at radius 2 is 1.84 bits per heavy atom. The van der Waals surface area contributed by atoms with Crippen LogP contribution in [0.25, 0.3) is 16.5 Å². The van der Waals surface area contributed by atoms with Crippen molar-refractivity contribution in [2.24, 2.45) is 0 Å².